The first-order valence-electron chi connectivity index (χ1n) is 10.7. The van der Waals surface area contributed by atoms with Crippen molar-refractivity contribution in [3.63, 3.8) is 0 Å². The first-order valence-corrected chi connectivity index (χ1v) is 11.7. The quantitative estimate of drug-likeness (QED) is 0.292. The van der Waals surface area contributed by atoms with Gasteiger partial charge in [0.1, 0.15) is 5.82 Å². The average molecular weight is 462 g/mol. The van der Waals surface area contributed by atoms with Crippen LogP contribution in [-0.4, -0.2) is 33.2 Å². The number of amides is 1. The minimum atomic E-state index is -0.530. The number of hydrogen-bond acceptors (Lipinski definition) is 4. The van der Waals surface area contributed by atoms with Gasteiger partial charge >= 0.3 is 0 Å². The summed E-state index contributed by atoms with van der Waals surface area (Å²) in [5.41, 5.74) is 2.54. The maximum atomic E-state index is 14.6. The smallest absolute Gasteiger partial charge is 0.266 e. The van der Waals surface area contributed by atoms with E-state index in [9.17, 15) is 14.0 Å². The molecule has 3 aromatic carbocycles. The number of rotatable bonds is 7. The van der Waals surface area contributed by atoms with Crippen molar-refractivity contribution in [3.8, 4) is 5.69 Å². The second kappa shape index (κ2) is 10.0. The van der Waals surface area contributed by atoms with Crippen molar-refractivity contribution in [1.29, 1.82) is 0 Å². The van der Waals surface area contributed by atoms with E-state index in [1.807, 2.05) is 12.1 Å². The van der Waals surface area contributed by atoms with Gasteiger partial charge in [0.15, 0.2) is 5.16 Å². The molecule has 0 aliphatic carbocycles. The molecule has 0 aliphatic rings. The zero-order valence-corrected chi connectivity index (χ0v) is 19.3. The fourth-order valence-corrected chi connectivity index (χ4v) is 4.48. The van der Waals surface area contributed by atoms with Crippen molar-refractivity contribution in [2.75, 3.05) is 12.8 Å². The third kappa shape index (κ3) is 4.98. The van der Waals surface area contributed by atoms with Crippen molar-refractivity contribution in [1.82, 2.24) is 14.5 Å². The molecule has 0 spiro atoms. The number of aromatic nitrogens is 2. The maximum absolute atomic E-state index is 14.6. The molecule has 0 radical (unpaired) electrons. The Balaban J connectivity index is 1.60. The number of carbonyl (C=O) groups is 1. The number of halogens is 1. The summed E-state index contributed by atoms with van der Waals surface area (Å²) >= 11 is 1.13. The SMILES string of the molecule is CCc1ccc(CN(C)C(=O)CSc2nc3ccccc3c(=O)n2-c2ccccc2F)cc1. The van der Waals surface area contributed by atoms with Crippen LogP contribution in [0.15, 0.2) is 82.7 Å². The number of thioether (sulfide) groups is 1. The number of carbonyl (C=O) groups excluding carboxylic acids is 1. The Morgan fingerprint density at radius 3 is 2.39 bits per heavy atom. The summed E-state index contributed by atoms with van der Waals surface area (Å²) in [4.78, 5) is 32.3. The number of fused-ring (bicyclic) bond motifs is 1. The van der Waals surface area contributed by atoms with Crippen LogP contribution in [0, 0.1) is 5.82 Å². The van der Waals surface area contributed by atoms with Crippen LogP contribution in [-0.2, 0) is 17.8 Å². The fourth-order valence-electron chi connectivity index (χ4n) is 3.53. The molecular weight excluding hydrogens is 437 g/mol. The summed E-state index contributed by atoms with van der Waals surface area (Å²) < 4.78 is 15.8. The Bertz CT molecular complexity index is 1350. The molecule has 0 saturated heterocycles. The Morgan fingerprint density at radius 1 is 1.00 bits per heavy atom. The summed E-state index contributed by atoms with van der Waals surface area (Å²) in [7, 11) is 1.74. The lowest BCUT2D eigenvalue weighted by atomic mass is 10.1. The summed E-state index contributed by atoms with van der Waals surface area (Å²) in [6.45, 7) is 2.58. The Morgan fingerprint density at radius 2 is 1.67 bits per heavy atom. The van der Waals surface area contributed by atoms with Gasteiger partial charge in [-0.3, -0.25) is 14.2 Å². The van der Waals surface area contributed by atoms with E-state index in [0.29, 0.717) is 17.4 Å². The predicted molar refractivity (Wildman–Crippen MR) is 130 cm³/mol. The molecule has 5 nitrogen and oxygen atoms in total. The van der Waals surface area contributed by atoms with Gasteiger partial charge in [-0.25, -0.2) is 9.37 Å². The zero-order valence-electron chi connectivity index (χ0n) is 18.5. The summed E-state index contributed by atoms with van der Waals surface area (Å²) in [5, 5.41) is 0.668. The third-order valence-corrected chi connectivity index (χ3v) is 6.36. The van der Waals surface area contributed by atoms with Gasteiger partial charge in [-0.05, 0) is 41.8 Å². The lowest BCUT2D eigenvalue weighted by molar-refractivity contribution is -0.127. The van der Waals surface area contributed by atoms with Crippen LogP contribution in [0.25, 0.3) is 16.6 Å². The normalized spacial score (nSPS) is 11.0. The standard InChI is InChI=1S/C26H24FN3O2S/c1-3-18-12-14-19(15-13-18)16-29(2)24(31)17-33-26-28-22-10-6-4-8-20(22)25(32)30(26)23-11-7-5-9-21(23)27/h4-15H,3,16-17H2,1-2H3. The van der Waals surface area contributed by atoms with E-state index in [-0.39, 0.29) is 28.1 Å². The molecule has 0 unspecified atom stereocenters. The van der Waals surface area contributed by atoms with Crippen molar-refractivity contribution in [2.24, 2.45) is 0 Å². The third-order valence-electron chi connectivity index (χ3n) is 5.44. The van der Waals surface area contributed by atoms with Crippen LogP contribution in [0.2, 0.25) is 0 Å². The number of benzene rings is 3. The Hall–Kier alpha value is -3.45. The molecule has 7 heteroatoms. The second-order valence-corrected chi connectivity index (χ2v) is 8.65. The molecule has 168 valence electrons. The number of hydrogen-bond donors (Lipinski definition) is 0. The van der Waals surface area contributed by atoms with E-state index in [4.69, 9.17) is 0 Å². The van der Waals surface area contributed by atoms with E-state index in [0.717, 1.165) is 23.7 Å². The van der Waals surface area contributed by atoms with E-state index in [2.05, 4.69) is 24.0 Å². The summed E-state index contributed by atoms with van der Waals surface area (Å²) in [5.74, 6) is -0.567. The highest BCUT2D eigenvalue weighted by atomic mass is 32.2. The topological polar surface area (TPSA) is 55.2 Å². The molecular formula is C26H24FN3O2S. The van der Waals surface area contributed by atoms with E-state index in [1.54, 1.807) is 48.3 Å². The Labute approximate surface area is 195 Å². The van der Waals surface area contributed by atoms with Crippen LogP contribution >= 0.6 is 11.8 Å². The van der Waals surface area contributed by atoms with E-state index in [1.165, 1.54) is 22.3 Å². The highest BCUT2D eigenvalue weighted by Crippen LogP contribution is 2.23. The van der Waals surface area contributed by atoms with E-state index < -0.39 is 5.82 Å². The summed E-state index contributed by atoms with van der Waals surface area (Å²) in [6.07, 6.45) is 0.966. The molecule has 1 heterocycles. The number of para-hydroxylation sites is 2. The van der Waals surface area contributed by atoms with Crippen LogP contribution in [0.4, 0.5) is 4.39 Å². The zero-order chi connectivity index (χ0) is 23.4. The van der Waals surface area contributed by atoms with Crippen molar-refractivity contribution < 1.29 is 9.18 Å². The van der Waals surface area contributed by atoms with Gasteiger partial charge in [-0.1, -0.05) is 67.2 Å². The largest absolute Gasteiger partial charge is 0.341 e. The lowest BCUT2D eigenvalue weighted by Gasteiger charge is -2.18. The number of aryl methyl sites for hydroxylation is 1. The molecule has 0 N–H and O–H groups in total. The molecule has 33 heavy (non-hydrogen) atoms. The Kier molecular flexibility index (Phi) is 6.89. The second-order valence-electron chi connectivity index (χ2n) is 7.71. The van der Waals surface area contributed by atoms with Crippen molar-refractivity contribution in [3.05, 3.63) is 100 Å². The van der Waals surface area contributed by atoms with Gasteiger partial charge in [0.25, 0.3) is 5.56 Å². The molecule has 0 aliphatic heterocycles. The molecule has 1 aromatic heterocycles. The van der Waals surface area contributed by atoms with E-state index >= 15 is 0 Å². The van der Waals surface area contributed by atoms with Crippen LogP contribution in [0.3, 0.4) is 0 Å². The minimum Gasteiger partial charge on any atom is -0.341 e. The average Bonchev–Trinajstić information content (AvgIpc) is 2.84. The van der Waals surface area contributed by atoms with Crippen LogP contribution < -0.4 is 5.56 Å². The molecule has 4 rings (SSSR count). The van der Waals surface area contributed by atoms with Crippen molar-refractivity contribution >= 4 is 28.6 Å². The first kappa shape index (κ1) is 22.7. The molecule has 0 saturated carbocycles. The van der Waals surface area contributed by atoms with Crippen LogP contribution in [0.5, 0.6) is 0 Å². The molecule has 4 aromatic rings. The first-order chi connectivity index (χ1) is 16.0. The molecule has 0 fully saturated rings. The predicted octanol–water partition coefficient (Wildman–Crippen LogP) is 4.84. The lowest BCUT2D eigenvalue weighted by Crippen LogP contribution is -2.28. The van der Waals surface area contributed by atoms with Crippen molar-refractivity contribution in [2.45, 2.75) is 25.0 Å². The highest BCUT2D eigenvalue weighted by Gasteiger charge is 2.18. The molecule has 1 amide bonds. The van der Waals surface area contributed by atoms with Gasteiger partial charge < -0.3 is 4.90 Å². The van der Waals surface area contributed by atoms with Gasteiger partial charge in [0.2, 0.25) is 5.91 Å². The fraction of sp³-hybridized carbons (Fsp3) is 0.192. The van der Waals surface area contributed by atoms with Gasteiger partial charge in [-0.2, -0.15) is 0 Å². The van der Waals surface area contributed by atoms with Gasteiger partial charge in [0.05, 0.1) is 22.3 Å². The van der Waals surface area contributed by atoms with Gasteiger partial charge in [-0.15, -0.1) is 0 Å². The monoisotopic (exact) mass is 461 g/mol. The van der Waals surface area contributed by atoms with Gasteiger partial charge in [0, 0.05) is 13.6 Å². The highest BCUT2D eigenvalue weighted by molar-refractivity contribution is 7.99. The molecule has 0 atom stereocenters. The minimum absolute atomic E-state index is 0.0722. The summed E-state index contributed by atoms with van der Waals surface area (Å²) in [6, 6.07) is 21.2. The molecule has 0 bridgehead atoms. The number of nitrogens with zero attached hydrogens (tertiary/aromatic N) is 3. The van der Waals surface area contributed by atoms with Crippen LogP contribution in [0.1, 0.15) is 18.1 Å². The maximum Gasteiger partial charge on any atom is 0.266 e.